The molecule has 0 spiro atoms. The maximum absolute atomic E-state index is 12.3. The van der Waals surface area contributed by atoms with Gasteiger partial charge >= 0.3 is 12.6 Å². The predicted molar refractivity (Wildman–Crippen MR) is 83.2 cm³/mol. The van der Waals surface area contributed by atoms with Gasteiger partial charge in [0.25, 0.3) is 0 Å². The Morgan fingerprint density at radius 1 is 1.38 bits per heavy atom. The minimum atomic E-state index is -2.93. The van der Waals surface area contributed by atoms with Gasteiger partial charge in [-0.1, -0.05) is 6.07 Å². The molecule has 1 aromatic carbocycles. The number of esters is 1. The maximum Gasteiger partial charge on any atom is 0.387 e. The third-order valence-electron chi connectivity index (χ3n) is 3.50. The monoisotopic (exact) mass is 342 g/mol. The number of alkyl halides is 2. The largest absolute Gasteiger partial charge is 0.493 e. The molecule has 24 heavy (non-hydrogen) atoms. The van der Waals surface area contributed by atoms with Crippen molar-refractivity contribution in [1.29, 1.82) is 0 Å². The Balaban J connectivity index is 1.89. The summed E-state index contributed by atoms with van der Waals surface area (Å²) in [6, 6.07) is 4.38. The topological polar surface area (TPSA) is 54.0 Å². The summed E-state index contributed by atoms with van der Waals surface area (Å²) in [7, 11) is 1.35. The van der Waals surface area contributed by atoms with Crippen LogP contribution in [-0.2, 0) is 14.3 Å². The third-order valence-corrected chi connectivity index (χ3v) is 3.50. The molecule has 1 fully saturated rings. The van der Waals surface area contributed by atoms with E-state index in [1.807, 2.05) is 0 Å². The first-order valence-corrected chi connectivity index (χ1v) is 7.68. The van der Waals surface area contributed by atoms with Crippen molar-refractivity contribution >= 4 is 12.0 Å². The van der Waals surface area contributed by atoms with E-state index < -0.39 is 12.6 Å². The molecule has 1 aliphatic heterocycles. The lowest BCUT2D eigenvalue weighted by molar-refractivity contribution is -0.143. The van der Waals surface area contributed by atoms with Crippen LogP contribution in [0.4, 0.5) is 8.78 Å². The van der Waals surface area contributed by atoms with Gasteiger partial charge in [0.15, 0.2) is 11.5 Å². The summed E-state index contributed by atoms with van der Waals surface area (Å²) in [5, 5.41) is 0. The van der Waals surface area contributed by atoms with E-state index in [0.29, 0.717) is 12.2 Å². The molecular formula is C17H20F2O5. The number of carbonyl (C=O) groups is 1. The molecule has 1 saturated heterocycles. The summed E-state index contributed by atoms with van der Waals surface area (Å²) >= 11 is 0. The molecule has 1 heterocycles. The van der Waals surface area contributed by atoms with E-state index in [0.717, 1.165) is 19.3 Å². The third kappa shape index (κ3) is 5.81. The van der Waals surface area contributed by atoms with E-state index in [4.69, 9.17) is 14.2 Å². The van der Waals surface area contributed by atoms with Crippen molar-refractivity contribution in [2.24, 2.45) is 0 Å². The molecule has 0 saturated carbocycles. The highest BCUT2D eigenvalue weighted by atomic mass is 19.3. The molecular weight excluding hydrogens is 322 g/mol. The number of methoxy groups -OCH3 is 1. The van der Waals surface area contributed by atoms with Crippen molar-refractivity contribution in [3.8, 4) is 11.5 Å². The Morgan fingerprint density at radius 2 is 2.21 bits per heavy atom. The lowest BCUT2D eigenvalue weighted by atomic mass is 10.1. The number of ether oxygens (including phenoxy) is 4. The van der Waals surface area contributed by atoms with Crippen molar-refractivity contribution in [3.05, 3.63) is 29.8 Å². The number of rotatable bonds is 7. The summed E-state index contributed by atoms with van der Waals surface area (Å²) in [5.74, 6) is -0.404. The van der Waals surface area contributed by atoms with Crippen LogP contribution in [0.3, 0.4) is 0 Å². The van der Waals surface area contributed by atoms with Gasteiger partial charge in [0.1, 0.15) is 6.61 Å². The molecule has 1 atom stereocenters. The van der Waals surface area contributed by atoms with Gasteiger partial charge in [-0.2, -0.15) is 8.78 Å². The first kappa shape index (κ1) is 18.2. The highest BCUT2D eigenvalue weighted by Gasteiger charge is 2.15. The minimum absolute atomic E-state index is 0.0398. The molecule has 0 amide bonds. The number of hydrogen-bond acceptors (Lipinski definition) is 5. The molecule has 1 aromatic rings. The van der Waals surface area contributed by atoms with Crippen LogP contribution in [0.1, 0.15) is 24.8 Å². The Bertz CT molecular complexity index is 568. The number of halogens is 2. The van der Waals surface area contributed by atoms with Crippen molar-refractivity contribution in [1.82, 2.24) is 0 Å². The zero-order chi connectivity index (χ0) is 17.4. The van der Waals surface area contributed by atoms with Crippen molar-refractivity contribution in [2.45, 2.75) is 32.0 Å². The minimum Gasteiger partial charge on any atom is -0.493 e. The quantitative estimate of drug-likeness (QED) is 0.561. The summed E-state index contributed by atoms with van der Waals surface area (Å²) in [6.07, 6.45) is 5.74. The van der Waals surface area contributed by atoms with Crippen LogP contribution in [-0.4, -0.2) is 39.0 Å². The Morgan fingerprint density at radius 3 is 2.88 bits per heavy atom. The first-order chi connectivity index (χ1) is 11.6. The highest BCUT2D eigenvalue weighted by Crippen LogP contribution is 2.29. The van der Waals surface area contributed by atoms with Crippen LogP contribution in [0.5, 0.6) is 11.5 Å². The SMILES string of the molecule is COc1cc(/C=C/C(=O)OCC2CCCCO2)ccc1OC(F)F. The normalized spacial score (nSPS) is 17.9. The van der Waals surface area contributed by atoms with E-state index in [1.54, 1.807) is 0 Å². The molecule has 1 aliphatic rings. The fourth-order valence-electron chi connectivity index (χ4n) is 2.31. The molecule has 132 valence electrons. The molecule has 7 heteroatoms. The van der Waals surface area contributed by atoms with Gasteiger partial charge in [-0.3, -0.25) is 0 Å². The van der Waals surface area contributed by atoms with Crippen LogP contribution in [0, 0.1) is 0 Å². The summed E-state index contributed by atoms with van der Waals surface area (Å²) in [5.41, 5.74) is 0.597. The Hall–Kier alpha value is -2.15. The van der Waals surface area contributed by atoms with E-state index in [9.17, 15) is 13.6 Å². The van der Waals surface area contributed by atoms with E-state index in [1.165, 1.54) is 37.5 Å². The van der Waals surface area contributed by atoms with Crippen molar-refractivity contribution in [2.75, 3.05) is 20.3 Å². The smallest absolute Gasteiger partial charge is 0.387 e. The van der Waals surface area contributed by atoms with Crippen LogP contribution in [0.2, 0.25) is 0 Å². The zero-order valence-corrected chi connectivity index (χ0v) is 13.4. The fraction of sp³-hybridized carbons (Fsp3) is 0.471. The van der Waals surface area contributed by atoms with Gasteiger partial charge in [-0.25, -0.2) is 4.79 Å². The van der Waals surface area contributed by atoms with Crippen LogP contribution < -0.4 is 9.47 Å². The molecule has 0 bridgehead atoms. The number of benzene rings is 1. The average Bonchev–Trinajstić information content (AvgIpc) is 2.59. The highest BCUT2D eigenvalue weighted by molar-refractivity contribution is 5.87. The van der Waals surface area contributed by atoms with Crippen molar-refractivity contribution in [3.63, 3.8) is 0 Å². The molecule has 2 rings (SSSR count). The summed E-state index contributed by atoms with van der Waals surface area (Å²) in [4.78, 5) is 11.7. The standard InChI is InChI=1S/C17H20F2O5/c1-21-15-10-12(5-7-14(15)24-17(18)19)6-8-16(20)23-11-13-4-2-3-9-22-13/h5-8,10,13,17H,2-4,9,11H2,1H3/b8-6+. The van der Waals surface area contributed by atoms with Crippen LogP contribution in [0.25, 0.3) is 6.08 Å². The van der Waals surface area contributed by atoms with Crippen LogP contribution >= 0.6 is 0 Å². The van der Waals surface area contributed by atoms with Gasteiger partial charge in [0.2, 0.25) is 0 Å². The van der Waals surface area contributed by atoms with Crippen molar-refractivity contribution < 1.29 is 32.5 Å². The maximum atomic E-state index is 12.3. The van der Waals surface area contributed by atoms with Crippen LogP contribution in [0.15, 0.2) is 24.3 Å². The Kier molecular flexibility index (Phi) is 6.99. The number of carbonyl (C=O) groups excluding carboxylic acids is 1. The second-order valence-corrected chi connectivity index (χ2v) is 5.24. The lowest BCUT2D eigenvalue weighted by Gasteiger charge is -2.21. The first-order valence-electron chi connectivity index (χ1n) is 7.68. The van der Waals surface area contributed by atoms with E-state index in [-0.39, 0.29) is 24.2 Å². The predicted octanol–water partition coefficient (Wildman–Crippen LogP) is 3.42. The molecule has 0 radical (unpaired) electrons. The molecule has 0 N–H and O–H groups in total. The molecule has 5 nitrogen and oxygen atoms in total. The van der Waals surface area contributed by atoms with Gasteiger partial charge in [0.05, 0.1) is 13.2 Å². The summed E-state index contributed by atoms with van der Waals surface area (Å²) in [6.45, 7) is -2.00. The fourth-order valence-corrected chi connectivity index (χ4v) is 2.31. The zero-order valence-electron chi connectivity index (χ0n) is 13.4. The second kappa shape index (κ2) is 9.22. The Labute approximate surface area is 139 Å². The molecule has 0 aliphatic carbocycles. The summed E-state index contributed by atoms with van der Waals surface area (Å²) < 4.78 is 44.5. The van der Waals surface area contributed by atoms with Gasteiger partial charge in [0, 0.05) is 12.7 Å². The lowest BCUT2D eigenvalue weighted by Crippen LogP contribution is -2.25. The average molecular weight is 342 g/mol. The van der Waals surface area contributed by atoms with E-state index in [2.05, 4.69) is 4.74 Å². The molecule has 0 aromatic heterocycles. The van der Waals surface area contributed by atoms with Gasteiger partial charge < -0.3 is 18.9 Å². The van der Waals surface area contributed by atoms with Gasteiger partial charge in [-0.15, -0.1) is 0 Å². The molecule has 1 unspecified atom stereocenters. The van der Waals surface area contributed by atoms with E-state index >= 15 is 0 Å². The van der Waals surface area contributed by atoms with Gasteiger partial charge in [-0.05, 0) is 43.0 Å². The second-order valence-electron chi connectivity index (χ2n) is 5.24. The number of hydrogen-bond donors (Lipinski definition) is 0.